The first kappa shape index (κ1) is 9.21. The van der Waals surface area contributed by atoms with Gasteiger partial charge in [-0.05, 0) is 0 Å². The molecular weight excluding hydrogens is 138 g/mol. The Morgan fingerprint density at radius 2 is 1.89 bits per heavy atom. The van der Waals surface area contributed by atoms with Crippen LogP contribution in [0.15, 0.2) is 0 Å². The van der Waals surface area contributed by atoms with Crippen LogP contribution in [0.2, 0.25) is 0 Å². The normalized spacial score (nSPS) is 15.7. The van der Waals surface area contributed by atoms with Crippen LogP contribution >= 0.6 is 11.6 Å². The maximum absolute atomic E-state index is 10.8. The Morgan fingerprint density at radius 1 is 1.44 bits per heavy atom. The first-order chi connectivity index (χ1) is 3.95. The molecule has 0 amide bonds. The van der Waals surface area contributed by atoms with Crippen LogP contribution < -0.4 is 5.11 Å². The number of nitrogens with zero attached hydrogens (tertiary/aromatic N) is 1. The highest BCUT2D eigenvalue weighted by Crippen LogP contribution is 1.93. The highest BCUT2D eigenvalue weighted by atomic mass is 35.5. The predicted octanol–water partition coefficient (Wildman–Crippen LogP) is -0.340. The molecule has 0 heterocycles. The van der Waals surface area contributed by atoms with Crippen LogP contribution in [0, 0.1) is 0 Å². The van der Waals surface area contributed by atoms with Crippen LogP contribution in [0.3, 0.4) is 0 Å². The molecule has 0 bridgehead atoms. The van der Waals surface area contributed by atoms with Crippen molar-refractivity contribution in [1.82, 2.24) is 0 Å². The van der Waals surface area contributed by atoms with E-state index in [2.05, 4.69) is 0 Å². The van der Waals surface area contributed by atoms with Gasteiger partial charge < -0.3 is 9.59 Å². The van der Waals surface area contributed by atoms with Crippen molar-refractivity contribution >= 4 is 11.6 Å². The Balaban J connectivity index is 3.47. The molecule has 3 heteroatoms. The highest BCUT2D eigenvalue weighted by Gasteiger charge is 2.07. The van der Waals surface area contributed by atoms with Gasteiger partial charge in [0.2, 0.25) is 0 Å². The fourth-order valence-electron chi connectivity index (χ4n) is 0.660. The molecule has 0 saturated heterocycles. The molecule has 1 unspecified atom stereocenters. The molecule has 0 aromatic heterocycles. The van der Waals surface area contributed by atoms with Gasteiger partial charge in [-0.25, -0.2) is 0 Å². The molecule has 0 fully saturated rings. The van der Waals surface area contributed by atoms with Crippen molar-refractivity contribution in [2.75, 3.05) is 33.6 Å². The van der Waals surface area contributed by atoms with E-state index in [1.807, 2.05) is 21.1 Å². The van der Waals surface area contributed by atoms with Crippen molar-refractivity contribution < 1.29 is 9.59 Å². The minimum absolute atomic E-state index is 0.218. The third kappa shape index (κ3) is 6.09. The summed E-state index contributed by atoms with van der Waals surface area (Å²) in [5, 5.41) is 10.8. The van der Waals surface area contributed by atoms with Gasteiger partial charge in [0.1, 0.15) is 0 Å². The number of rotatable bonds is 3. The molecule has 0 aromatic carbocycles. The Morgan fingerprint density at radius 3 is 2.00 bits per heavy atom. The van der Waals surface area contributed by atoms with Crippen molar-refractivity contribution in [3.05, 3.63) is 0 Å². The first-order valence-corrected chi connectivity index (χ1v) is 3.51. The molecule has 2 nitrogen and oxygen atoms in total. The van der Waals surface area contributed by atoms with Crippen molar-refractivity contribution in [2.45, 2.75) is 6.10 Å². The van der Waals surface area contributed by atoms with Gasteiger partial charge in [0.25, 0.3) is 0 Å². The topological polar surface area (TPSA) is 23.1 Å². The van der Waals surface area contributed by atoms with Gasteiger partial charge in [-0.1, -0.05) is 6.10 Å². The quantitative estimate of drug-likeness (QED) is 0.400. The van der Waals surface area contributed by atoms with Crippen LogP contribution in [-0.4, -0.2) is 44.2 Å². The van der Waals surface area contributed by atoms with Crippen LogP contribution in [0.1, 0.15) is 0 Å². The zero-order chi connectivity index (χ0) is 7.49. The Hall–Kier alpha value is 0.210. The lowest BCUT2D eigenvalue weighted by Gasteiger charge is -2.31. The SMILES string of the molecule is C[N+](C)(C)CC([O-])CCl. The molecule has 0 aliphatic heterocycles. The van der Waals surface area contributed by atoms with E-state index in [4.69, 9.17) is 11.6 Å². The molecule has 0 aromatic rings. The van der Waals surface area contributed by atoms with E-state index in [-0.39, 0.29) is 5.88 Å². The summed E-state index contributed by atoms with van der Waals surface area (Å²) in [5.41, 5.74) is 0. The minimum atomic E-state index is -0.619. The average molecular weight is 152 g/mol. The Bertz CT molecular complexity index is 79.6. The second-order valence-corrected chi connectivity index (χ2v) is 3.56. The molecule has 56 valence electrons. The van der Waals surface area contributed by atoms with E-state index in [9.17, 15) is 5.11 Å². The zero-order valence-electron chi connectivity index (χ0n) is 6.22. The van der Waals surface area contributed by atoms with E-state index in [0.29, 0.717) is 11.0 Å². The smallest absolute Gasteiger partial charge is 0.0676 e. The number of quaternary nitrogens is 1. The molecule has 0 saturated carbocycles. The summed E-state index contributed by atoms with van der Waals surface area (Å²) in [6.45, 7) is 0.601. The lowest BCUT2D eigenvalue weighted by molar-refractivity contribution is -0.879. The van der Waals surface area contributed by atoms with Crippen molar-refractivity contribution in [1.29, 1.82) is 0 Å². The predicted molar refractivity (Wildman–Crippen MR) is 37.4 cm³/mol. The molecule has 0 rings (SSSR count). The number of likely N-dealkylation sites (N-methyl/N-ethyl adjacent to an activating group) is 1. The molecule has 0 radical (unpaired) electrons. The van der Waals surface area contributed by atoms with E-state index >= 15 is 0 Å². The van der Waals surface area contributed by atoms with Crippen LogP contribution in [-0.2, 0) is 0 Å². The van der Waals surface area contributed by atoms with Crippen molar-refractivity contribution in [3.63, 3.8) is 0 Å². The summed E-state index contributed by atoms with van der Waals surface area (Å²) in [6.07, 6.45) is -0.619. The standard InChI is InChI=1S/C6H14ClNO/c1-8(2,3)5-6(9)4-7/h6H,4-5H2,1-3H3. The van der Waals surface area contributed by atoms with Crippen LogP contribution in [0.25, 0.3) is 0 Å². The maximum Gasteiger partial charge on any atom is 0.0676 e. The van der Waals surface area contributed by atoms with Gasteiger partial charge in [-0.3, -0.25) is 0 Å². The summed E-state index contributed by atoms with van der Waals surface area (Å²) in [7, 11) is 5.95. The molecule has 9 heavy (non-hydrogen) atoms. The summed E-state index contributed by atoms with van der Waals surface area (Å²) in [4.78, 5) is 0. The van der Waals surface area contributed by atoms with Gasteiger partial charge in [0.05, 0.1) is 27.7 Å². The van der Waals surface area contributed by atoms with Crippen LogP contribution in [0.4, 0.5) is 0 Å². The summed E-state index contributed by atoms with van der Waals surface area (Å²) in [5.74, 6) is 0.218. The zero-order valence-corrected chi connectivity index (χ0v) is 6.98. The lowest BCUT2D eigenvalue weighted by Crippen LogP contribution is -2.47. The average Bonchev–Trinajstić information content (AvgIpc) is 1.62. The first-order valence-electron chi connectivity index (χ1n) is 2.98. The number of halogens is 1. The summed E-state index contributed by atoms with van der Waals surface area (Å²) >= 11 is 5.34. The van der Waals surface area contributed by atoms with Gasteiger partial charge >= 0.3 is 0 Å². The molecule has 0 spiro atoms. The van der Waals surface area contributed by atoms with Gasteiger partial charge in [-0.15, -0.1) is 11.6 Å². The van der Waals surface area contributed by atoms with Crippen molar-refractivity contribution in [2.24, 2.45) is 0 Å². The molecular formula is C6H14ClNO. The Kier molecular flexibility index (Phi) is 3.48. The van der Waals surface area contributed by atoms with E-state index in [0.717, 1.165) is 0 Å². The molecule has 0 aliphatic carbocycles. The fraction of sp³-hybridized carbons (Fsp3) is 1.00. The monoisotopic (exact) mass is 151 g/mol. The van der Waals surface area contributed by atoms with Crippen molar-refractivity contribution in [3.8, 4) is 0 Å². The Labute approximate surface area is 61.6 Å². The van der Waals surface area contributed by atoms with E-state index < -0.39 is 6.10 Å². The van der Waals surface area contributed by atoms with Gasteiger partial charge in [0, 0.05) is 5.88 Å². The summed E-state index contributed by atoms with van der Waals surface area (Å²) in [6, 6.07) is 0. The number of hydrogen-bond acceptors (Lipinski definition) is 1. The minimum Gasteiger partial charge on any atom is -0.847 e. The third-order valence-corrected chi connectivity index (χ3v) is 1.27. The largest absolute Gasteiger partial charge is 0.847 e. The second-order valence-electron chi connectivity index (χ2n) is 3.25. The molecule has 0 N–H and O–H groups in total. The number of hydrogen-bond donors (Lipinski definition) is 0. The van der Waals surface area contributed by atoms with E-state index in [1.54, 1.807) is 0 Å². The molecule has 0 aliphatic rings. The maximum atomic E-state index is 10.8. The fourth-order valence-corrected chi connectivity index (χ4v) is 0.757. The second kappa shape index (κ2) is 3.40. The van der Waals surface area contributed by atoms with Gasteiger partial charge in [-0.2, -0.15) is 0 Å². The van der Waals surface area contributed by atoms with Gasteiger partial charge in [0.15, 0.2) is 0 Å². The number of alkyl halides is 1. The lowest BCUT2D eigenvalue weighted by atomic mass is 10.3. The van der Waals surface area contributed by atoms with Crippen LogP contribution in [0.5, 0.6) is 0 Å². The third-order valence-electron chi connectivity index (χ3n) is 0.923. The molecule has 1 atom stereocenters. The summed E-state index contributed by atoms with van der Waals surface area (Å²) < 4.78 is 0.695. The highest BCUT2D eigenvalue weighted by molar-refractivity contribution is 6.18. The van der Waals surface area contributed by atoms with E-state index in [1.165, 1.54) is 0 Å².